The van der Waals surface area contributed by atoms with E-state index in [-0.39, 0.29) is 5.91 Å². The van der Waals surface area contributed by atoms with Gasteiger partial charge in [0.2, 0.25) is 5.91 Å². The first-order valence-electron chi connectivity index (χ1n) is 10.3. The maximum atomic E-state index is 12.4. The molecule has 0 spiro atoms. The molecule has 1 fully saturated rings. The van der Waals surface area contributed by atoms with Gasteiger partial charge in [-0.2, -0.15) is 0 Å². The average molecular weight is 422 g/mol. The number of rotatable bonds is 7. The van der Waals surface area contributed by atoms with Crippen LogP contribution in [-0.4, -0.2) is 39.3 Å². The summed E-state index contributed by atoms with van der Waals surface area (Å²) in [4.78, 5) is 23.6. The molecule has 3 heterocycles. The molecule has 0 saturated carbocycles. The van der Waals surface area contributed by atoms with E-state index >= 15 is 0 Å². The van der Waals surface area contributed by atoms with Crippen LogP contribution in [0.5, 0.6) is 0 Å². The van der Waals surface area contributed by atoms with Crippen molar-refractivity contribution in [1.29, 1.82) is 0 Å². The van der Waals surface area contributed by atoms with Gasteiger partial charge >= 0.3 is 0 Å². The van der Waals surface area contributed by atoms with Crippen LogP contribution < -0.4 is 10.2 Å². The smallest absolute Gasteiger partial charge is 0.230 e. The second-order valence-corrected chi connectivity index (χ2v) is 8.60. The van der Waals surface area contributed by atoms with Crippen LogP contribution in [0.15, 0.2) is 54.1 Å². The number of nitrogens with zero attached hydrogens (tertiary/aromatic N) is 4. The molecule has 1 aliphatic rings. The summed E-state index contributed by atoms with van der Waals surface area (Å²) in [5.74, 6) is 1.33. The van der Waals surface area contributed by atoms with E-state index in [4.69, 9.17) is 0 Å². The summed E-state index contributed by atoms with van der Waals surface area (Å²) in [7, 11) is 0. The highest BCUT2D eigenvalue weighted by molar-refractivity contribution is 7.99. The Labute approximate surface area is 181 Å². The molecule has 0 radical (unpaired) electrons. The number of hydrogen-bond acceptors (Lipinski definition) is 5. The molecule has 7 heteroatoms. The summed E-state index contributed by atoms with van der Waals surface area (Å²) >= 11 is 1.44. The van der Waals surface area contributed by atoms with Crippen molar-refractivity contribution >= 4 is 23.5 Å². The van der Waals surface area contributed by atoms with Gasteiger partial charge in [0.1, 0.15) is 5.82 Å². The minimum Gasteiger partial charge on any atom is -0.357 e. The zero-order valence-corrected chi connectivity index (χ0v) is 18.3. The van der Waals surface area contributed by atoms with Crippen molar-refractivity contribution in [3.8, 4) is 5.69 Å². The van der Waals surface area contributed by atoms with Gasteiger partial charge in [-0.05, 0) is 55.5 Å². The summed E-state index contributed by atoms with van der Waals surface area (Å²) in [6.07, 6.45) is 8.04. The third-order valence-electron chi connectivity index (χ3n) is 5.29. The molecule has 3 aromatic rings. The molecule has 4 rings (SSSR count). The van der Waals surface area contributed by atoms with E-state index < -0.39 is 0 Å². The molecule has 1 N–H and O–H groups in total. The van der Waals surface area contributed by atoms with E-state index in [9.17, 15) is 4.79 Å². The SMILES string of the molecule is Cc1ccc(C)c(-n2ccnc2SCC(=O)NCc2ccc(N3CCCC3)nc2)c1. The Balaban J connectivity index is 1.30. The summed E-state index contributed by atoms with van der Waals surface area (Å²) in [6.45, 7) is 6.81. The van der Waals surface area contributed by atoms with Crippen LogP contribution in [0.1, 0.15) is 29.5 Å². The minimum atomic E-state index is -0.0147. The Morgan fingerprint density at radius 3 is 2.73 bits per heavy atom. The second-order valence-electron chi connectivity index (χ2n) is 7.65. The molecule has 6 nitrogen and oxygen atoms in total. The number of amides is 1. The normalized spacial score (nSPS) is 13.6. The van der Waals surface area contributed by atoms with E-state index in [1.165, 1.54) is 35.7 Å². The molecule has 0 aliphatic carbocycles. The molecule has 1 saturated heterocycles. The summed E-state index contributed by atoms with van der Waals surface area (Å²) < 4.78 is 2.04. The van der Waals surface area contributed by atoms with Crippen molar-refractivity contribution in [1.82, 2.24) is 19.9 Å². The Morgan fingerprint density at radius 1 is 1.13 bits per heavy atom. The predicted molar refractivity (Wildman–Crippen MR) is 121 cm³/mol. The lowest BCUT2D eigenvalue weighted by molar-refractivity contribution is -0.118. The molecule has 156 valence electrons. The maximum absolute atomic E-state index is 12.4. The number of benzene rings is 1. The first-order chi connectivity index (χ1) is 14.6. The number of carbonyl (C=O) groups excluding carboxylic acids is 1. The first-order valence-corrected chi connectivity index (χ1v) is 11.3. The van der Waals surface area contributed by atoms with Crippen LogP contribution in [0.2, 0.25) is 0 Å². The van der Waals surface area contributed by atoms with E-state index in [2.05, 4.69) is 52.2 Å². The molecule has 1 aromatic carbocycles. The van der Waals surface area contributed by atoms with E-state index in [0.29, 0.717) is 12.3 Å². The lowest BCUT2D eigenvalue weighted by Gasteiger charge is -2.16. The molecule has 1 amide bonds. The third-order valence-corrected chi connectivity index (χ3v) is 6.26. The predicted octanol–water partition coefficient (Wildman–Crippen LogP) is 3.89. The molecule has 0 bridgehead atoms. The Hall–Kier alpha value is -2.80. The number of carbonyl (C=O) groups is 1. The van der Waals surface area contributed by atoms with E-state index in [0.717, 1.165) is 35.3 Å². The Kier molecular flexibility index (Phi) is 6.38. The number of imidazole rings is 1. The summed E-state index contributed by atoms with van der Waals surface area (Å²) in [5, 5.41) is 3.79. The largest absolute Gasteiger partial charge is 0.357 e. The van der Waals surface area contributed by atoms with Crippen LogP contribution in [0, 0.1) is 13.8 Å². The van der Waals surface area contributed by atoms with E-state index in [1.807, 2.05) is 29.1 Å². The molecule has 0 unspecified atom stereocenters. The molecule has 30 heavy (non-hydrogen) atoms. The zero-order chi connectivity index (χ0) is 20.9. The van der Waals surface area contributed by atoms with Crippen LogP contribution in [0.4, 0.5) is 5.82 Å². The standard InChI is InChI=1S/C23H27N5OS/c1-17-5-6-18(2)20(13-17)28-12-9-24-23(28)30-16-22(29)26-15-19-7-8-21(25-14-19)27-10-3-4-11-27/h5-9,12-14H,3-4,10-11,15-16H2,1-2H3,(H,26,29). The van der Waals surface area contributed by atoms with Crippen molar-refractivity contribution in [3.63, 3.8) is 0 Å². The number of anilines is 1. The quantitative estimate of drug-likeness (QED) is 0.587. The van der Waals surface area contributed by atoms with Gasteiger partial charge in [-0.3, -0.25) is 9.36 Å². The fraction of sp³-hybridized carbons (Fsp3) is 0.348. The number of thioether (sulfide) groups is 1. The van der Waals surface area contributed by atoms with Crippen molar-refractivity contribution in [3.05, 3.63) is 65.6 Å². The third kappa shape index (κ3) is 4.84. The molecular formula is C23H27N5OS. The lowest BCUT2D eigenvalue weighted by atomic mass is 10.1. The number of aromatic nitrogens is 3. The fourth-order valence-electron chi connectivity index (χ4n) is 3.60. The first kappa shape index (κ1) is 20.5. The number of nitrogens with one attached hydrogen (secondary N) is 1. The monoisotopic (exact) mass is 421 g/mol. The molecule has 2 aromatic heterocycles. The average Bonchev–Trinajstić information content (AvgIpc) is 3.45. The minimum absolute atomic E-state index is 0.0147. The van der Waals surface area contributed by atoms with Gasteiger partial charge in [-0.25, -0.2) is 9.97 Å². The van der Waals surface area contributed by atoms with Gasteiger partial charge < -0.3 is 10.2 Å². The van der Waals surface area contributed by atoms with E-state index in [1.54, 1.807) is 6.20 Å². The lowest BCUT2D eigenvalue weighted by Crippen LogP contribution is -2.25. The van der Waals surface area contributed by atoms with Gasteiger partial charge in [0.25, 0.3) is 0 Å². The fourth-order valence-corrected chi connectivity index (χ4v) is 4.39. The Bertz CT molecular complexity index is 1010. The highest BCUT2D eigenvalue weighted by Gasteiger charge is 2.14. The van der Waals surface area contributed by atoms with Crippen LogP contribution in [0.25, 0.3) is 5.69 Å². The number of pyridine rings is 1. The number of hydrogen-bond donors (Lipinski definition) is 1. The van der Waals surface area contributed by atoms with Crippen molar-refractivity contribution < 1.29 is 4.79 Å². The van der Waals surface area contributed by atoms with Crippen LogP contribution >= 0.6 is 11.8 Å². The molecular weight excluding hydrogens is 394 g/mol. The van der Waals surface area contributed by atoms with Gasteiger partial charge in [-0.15, -0.1) is 0 Å². The van der Waals surface area contributed by atoms with Crippen molar-refractivity contribution in [2.75, 3.05) is 23.7 Å². The summed E-state index contributed by atoms with van der Waals surface area (Å²) in [6, 6.07) is 10.4. The van der Waals surface area contributed by atoms with Gasteiger partial charge in [-0.1, -0.05) is 30.0 Å². The highest BCUT2D eigenvalue weighted by atomic mass is 32.2. The van der Waals surface area contributed by atoms with Gasteiger partial charge in [0, 0.05) is 38.2 Å². The summed E-state index contributed by atoms with van der Waals surface area (Å²) in [5.41, 5.74) is 4.48. The Morgan fingerprint density at radius 2 is 1.97 bits per heavy atom. The van der Waals surface area contributed by atoms with Crippen molar-refractivity contribution in [2.45, 2.75) is 38.4 Å². The number of aryl methyl sites for hydroxylation is 2. The van der Waals surface area contributed by atoms with Gasteiger partial charge in [0.15, 0.2) is 5.16 Å². The zero-order valence-electron chi connectivity index (χ0n) is 17.5. The van der Waals surface area contributed by atoms with Crippen LogP contribution in [-0.2, 0) is 11.3 Å². The molecule has 1 aliphatic heterocycles. The van der Waals surface area contributed by atoms with Gasteiger partial charge in [0.05, 0.1) is 11.4 Å². The van der Waals surface area contributed by atoms with Crippen molar-refractivity contribution in [2.24, 2.45) is 0 Å². The topological polar surface area (TPSA) is 63.1 Å². The second kappa shape index (κ2) is 9.34. The highest BCUT2D eigenvalue weighted by Crippen LogP contribution is 2.23. The molecule has 0 atom stereocenters. The maximum Gasteiger partial charge on any atom is 0.230 e. The van der Waals surface area contributed by atoms with Crippen LogP contribution in [0.3, 0.4) is 0 Å².